The maximum absolute atomic E-state index is 12.7. The van der Waals surface area contributed by atoms with Gasteiger partial charge >= 0.3 is 5.97 Å². The molecule has 1 saturated heterocycles. The molecular formula is C19H15ClN2O3S. The first kappa shape index (κ1) is 18.2. The molecule has 0 aliphatic carbocycles. The summed E-state index contributed by atoms with van der Waals surface area (Å²) in [7, 11) is 0. The van der Waals surface area contributed by atoms with E-state index in [0.29, 0.717) is 27.3 Å². The van der Waals surface area contributed by atoms with Crippen molar-refractivity contribution in [3.8, 4) is 0 Å². The van der Waals surface area contributed by atoms with E-state index in [1.54, 1.807) is 30.3 Å². The number of hydrogen-bond donors (Lipinski definition) is 1. The molecule has 1 N–H and O–H groups in total. The first-order valence-electron chi connectivity index (χ1n) is 7.88. The molecule has 0 radical (unpaired) electrons. The van der Waals surface area contributed by atoms with E-state index in [-0.39, 0.29) is 11.5 Å². The van der Waals surface area contributed by atoms with Gasteiger partial charge in [0.25, 0.3) is 5.91 Å². The van der Waals surface area contributed by atoms with Gasteiger partial charge in [0.15, 0.2) is 5.17 Å². The molecule has 5 nitrogen and oxygen atoms in total. The van der Waals surface area contributed by atoms with Gasteiger partial charge in [-0.25, -0.2) is 9.79 Å². The predicted molar refractivity (Wildman–Crippen MR) is 105 cm³/mol. The van der Waals surface area contributed by atoms with Crippen molar-refractivity contribution < 1.29 is 14.7 Å². The van der Waals surface area contributed by atoms with Crippen molar-refractivity contribution in [1.82, 2.24) is 4.90 Å². The van der Waals surface area contributed by atoms with Crippen molar-refractivity contribution in [2.75, 3.05) is 6.54 Å². The SMILES string of the molecule is CCN1C(=O)/C(=C/c2ccccc2Cl)SC1=Nc1ccccc1C(=O)O. The van der Waals surface area contributed by atoms with Crippen LogP contribution < -0.4 is 0 Å². The molecule has 0 atom stereocenters. The Labute approximate surface area is 160 Å². The van der Waals surface area contributed by atoms with E-state index < -0.39 is 5.97 Å². The fraction of sp³-hybridized carbons (Fsp3) is 0.105. The Morgan fingerprint density at radius 3 is 2.62 bits per heavy atom. The van der Waals surface area contributed by atoms with E-state index in [9.17, 15) is 14.7 Å². The molecule has 1 fully saturated rings. The van der Waals surface area contributed by atoms with Gasteiger partial charge in [-0.05, 0) is 48.5 Å². The Bertz CT molecular complexity index is 940. The lowest BCUT2D eigenvalue weighted by Gasteiger charge is -2.12. The smallest absolute Gasteiger partial charge is 0.337 e. The van der Waals surface area contributed by atoms with Crippen LogP contribution in [0.4, 0.5) is 5.69 Å². The lowest BCUT2D eigenvalue weighted by atomic mass is 10.2. The maximum Gasteiger partial charge on any atom is 0.337 e. The highest BCUT2D eigenvalue weighted by molar-refractivity contribution is 8.18. The largest absolute Gasteiger partial charge is 0.478 e. The zero-order valence-electron chi connectivity index (χ0n) is 13.8. The summed E-state index contributed by atoms with van der Waals surface area (Å²) in [6, 6.07) is 13.7. The van der Waals surface area contributed by atoms with Crippen LogP contribution >= 0.6 is 23.4 Å². The van der Waals surface area contributed by atoms with E-state index >= 15 is 0 Å². The highest BCUT2D eigenvalue weighted by Crippen LogP contribution is 2.35. The van der Waals surface area contributed by atoms with Gasteiger partial charge in [-0.1, -0.05) is 41.9 Å². The second kappa shape index (κ2) is 7.76. The summed E-state index contributed by atoms with van der Waals surface area (Å²) < 4.78 is 0. The van der Waals surface area contributed by atoms with E-state index in [2.05, 4.69) is 4.99 Å². The molecular weight excluding hydrogens is 372 g/mol. The Kier molecular flexibility index (Phi) is 5.44. The Morgan fingerprint density at radius 2 is 1.92 bits per heavy atom. The molecule has 1 aliphatic rings. The average Bonchev–Trinajstić information content (AvgIpc) is 2.92. The Morgan fingerprint density at radius 1 is 1.23 bits per heavy atom. The van der Waals surface area contributed by atoms with Gasteiger partial charge in [0, 0.05) is 11.6 Å². The van der Waals surface area contributed by atoms with Crippen LogP contribution in [0.1, 0.15) is 22.8 Å². The number of benzene rings is 2. The van der Waals surface area contributed by atoms with Gasteiger partial charge in [0.05, 0.1) is 16.2 Å². The fourth-order valence-electron chi connectivity index (χ4n) is 2.46. The standard InChI is InChI=1S/C19H15ClN2O3S/c1-2-22-17(23)16(11-12-7-3-5-9-14(12)20)26-19(22)21-15-10-6-4-8-13(15)18(24)25/h3-11H,2H2,1H3,(H,24,25)/b16-11-,21-19?. The monoisotopic (exact) mass is 386 g/mol. The molecule has 3 rings (SSSR count). The van der Waals surface area contributed by atoms with Gasteiger partial charge in [-0.3, -0.25) is 9.69 Å². The Balaban J connectivity index is 2.01. The van der Waals surface area contributed by atoms with Crippen LogP contribution in [0, 0.1) is 0 Å². The number of aliphatic imine (C=N–C) groups is 1. The number of para-hydroxylation sites is 1. The number of thioether (sulfide) groups is 1. The number of carbonyl (C=O) groups is 2. The summed E-state index contributed by atoms with van der Waals surface area (Å²) >= 11 is 7.37. The number of amidine groups is 1. The van der Waals surface area contributed by atoms with Gasteiger partial charge in [-0.15, -0.1) is 0 Å². The number of carbonyl (C=O) groups excluding carboxylic acids is 1. The zero-order chi connectivity index (χ0) is 18.7. The molecule has 1 aliphatic heterocycles. The minimum Gasteiger partial charge on any atom is -0.478 e. The van der Waals surface area contributed by atoms with Crippen molar-refractivity contribution in [3.63, 3.8) is 0 Å². The van der Waals surface area contributed by atoms with E-state index in [1.165, 1.54) is 22.7 Å². The summed E-state index contributed by atoms with van der Waals surface area (Å²) in [6.07, 6.45) is 1.73. The van der Waals surface area contributed by atoms with Crippen molar-refractivity contribution >= 4 is 52.2 Å². The molecule has 0 saturated carbocycles. The van der Waals surface area contributed by atoms with Crippen LogP contribution in [0.25, 0.3) is 6.08 Å². The molecule has 7 heteroatoms. The Hall–Kier alpha value is -2.57. The molecule has 1 heterocycles. The summed E-state index contributed by atoms with van der Waals surface area (Å²) in [5, 5.41) is 10.3. The van der Waals surface area contributed by atoms with E-state index in [4.69, 9.17) is 11.6 Å². The second-order valence-corrected chi connectivity index (χ2v) is 6.81. The third-order valence-corrected chi connectivity index (χ3v) is 5.10. The molecule has 2 aromatic rings. The normalized spacial score (nSPS) is 17.3. The van der Waals surface area contributed by atoms with Crippen LogP contribution in [0.2, 0.25) is 5.02 Å². The van der Waals surface area contributed by atoms with Crippen LogP contribution in [0.5, 0.6) is 0 Å². The minimum atomic E-state index is -1.06. The number of hydrogen-bond acceptors (Lipinski definition) is 4. The van der Waals surface area contributed by atoms with Crippen LogP contribution in [-0.4, -0.2) is 33.6 Å². The van der Waals surface area contributed by atoms with Crippen molar-refractivity contribution in [3.05, 3.63) is 69.6 Å². The molecule has 0 spiro atoms. The van der Waals surface area contributed by atoms with Crippen molar-refractivity contribution in [2.24, 2.45) is 4.99 Å². The number of likely N-dealkylation sites (N-methyl/N-ethyl adjacent to an activating group) is 1. The van der Waals surface area contributed by atoms with Crippen LogP contribution in [0.15, 0.2) is 58.4 Å². The number of carboxylic acids is 1. The lowest BCUT2D eigenvalue weighted by molar-refractivity contribution is -0.122. The second-order valence-electron chi connectivity index (χ2n) is 5.40. The average molecular weight is 387 g/mol. The van der Waals surface area contributed by atoms with Gasteiger partial charge in [-0.2, -0.15) is 0 Å². The first-order chi connectivity index (χ1) is 12.5. The predicted octanol–water partition coefficient (Wildman–Crippen LogP) is 4.66. The first-order valence-corrected chi connectivity index (χ1v) is 9.07. The highest BCUT2D eigenvalue weighted by atomic mass is 35.5. The third kappa shape index (κ3) is 3.66. The fourth-order valence-corrected chi connectivity index (χ4v) is 3.70. The number of aromatic carboxylic acids is 1. The molecule has 0 unspecified atom stereocenters. The highest BCUT2D eigenvalue weighted by Gasteiger charge is 2.32. The van der Waals surface area contributed by atoms with E-state index in [1.807, 2.05) is 25.1 Å². The van der Waals surface area contributed by atoms with Crippen molar-refractivity contribution in [2.45, 2.75) is 6.92 Å². The number of rotatable bonds is 4. The zero-order valence-corrected chi connectivity index (χ0v) is 15.4. The molecule has 26 heavy (non-hydrogen) atoms. The van der Waals surface area contributed by atoms with Gasteiger partial charge in [0.1, 0.15) is 0 Å². The number of carboxylic acid groups (broad SMARTS) is 1. The summed E-state index contributed by atoms with van der Waals surface area (Å²) in [5.74, 6) is -1.24. The maximum atomic E-state index is 12.7. The number of nitrogens with zero attached hydrogens (tertiary/aromatic N) is 2. The molecule has 1 amide bonds. The summed E-state index contributed by atoms with van der Waals surface area (Å²) in [5.41, 5.74) is 1.15. The van der Waals surface area contributed by atoms with Gasteiger partial charge < -0.3 is 5.11 Å². The third-order valence-electron chi connectivity index (χ3n) is 3.75. The van der Waals surface area contributed by atoms with Gasteiger partial charge in [0.2, 0.25) is 0 Å². The topological polar surface area (TPSA) is 70.0 Å². The quantitative estimate of drug-likeness (QED) is 0.775. The number of halogens is 1. The minimum absolute atomic E-state index is 0.0904. The molecule has 132 valence electrons. The summed E-state index contributed by atoms with van der Waals surface area (Å²) in [4.78, 5) is 30.5. The molecule has 0 aromatic heterocycles. The van der Waals surface area contributed by atoms with Crippen LogP contribution in [0.3, 0.4) is 0 Å². The van der Waals surface area contributed by atoms with Crippen LogP contribution in [-0.2, 0) is 4.79 Å². The number of amides is 1. The molecule has 0 bridgehead atoms. The lowest BCUT2D eigenvalue weighted by Crippen LogP contribution is -2.28. The van der Waals surface area contributed by atoms with Crippen molar-refractivity contribution in [1.29, 1.82) is 0 Å². The molecule has 2 aromatic carbocycles. The van der Waals surface area contributed by atoms with E-state index in [0.717, 1.165) is 5.56 Å². The summed E-state index contributed by atoms with van der Waals surface area (Å²) in [6.45, 7) is 2.27.